The molecule has 1 aliphatic heterocycles. The number of hydrogen-bond acceptors (Lipinski definition) is 3. The number of nitrogens with zero attached hydrogens (tertiary/aromatic N) is 1. The van der Waals surface area contributed by atoms with Crippen molar-refractivity contribution >= 4 is 24.1 Å². The molecule has 1 heterocycles. The SMILES string of the molecule is CCCC(N)C(=O)N1CCC(C(=O)c2ccccc2)CC1.Cl. The number of carbonyl (C=O) groups is 2. The number of hydrogen-bond donors (Lipinski definition) is 1. The molecule has 0 aromatic heterocycles. The molecule has 1 unspecified atom stereocenters. The van der Waals surface area contributed by atoms with E-state index in [1.54, 1.807) is 0 Å². The molecule has 1 aliphatic rings. The maximum atomic E-state index is 12.4. The predicted molar refractivity (Wildman–Crippen MR) is 90.2 cm³/mol. The second-order valence-corrected chi connectivity index (χ2v) is 5.73. The molecule has 0 radical (unpaired) electrons. The first-order valence-electron chi connectivity index (χ1n) is 7.77. The zero-order chi connectivity index (χ0) is 15.2. The smallest absolute Gasteiger partial charge is 0.239 e. The number of piperidine rings is 1. The second kappa shape index (κ2) is 8.91. The lowest BCUT2D eigenvalue weighted by Gasteiger charge is -2.33. The van der Waals surface area contributed by atoms with Crippen molar-refractivity contribution in [2.24, 2.45) is 11.7 Å². The molecular weight excluding hydrogens is 300 g/mol. The minimum Gasteiger partial charge on any atom is -0.341 e. The van der Waals surface area contributed by atoms with E-state index in [9.17, 15) is 9.59 Å². The zero-order valence-electron chi connectivity index (χ0n) is 13.0. The Morgan fingerprint density at radius 2 is 1.82 bits per heavy atom. The van der Waals surface area contributed by atoms with Crippen LogP contribution in [0.25, 0.3) is 0 Å². The summed E-state index contributed by atoms with van der Waals surface area (Å²) in [5.74, 6) is 0.252. The molecule has 0 bridgehead atoms. The van der Waals surface area contributed by atoms with Crippen LogP contribution >= 0.6 is 12.4 Å². The molecule has 0 saturated carbocycles. The molecule has 0 spiro atoms. The average molecular weight is 325 g/mol. The number of carbonyl (C=O) groups excluding carboxylic acids is 2. The van der Waals surface area contributed by atoms with Crippen LogP contribution in [0.15, 0.2) is 30.3 Å². The Morgan fingerprint density at radius 1 is 1.23 bits per heavy atom. The lowest BCUT2D eigenvalue weighted by atomic mass is 9.88. The van der Waals surface area contributed by atoms with Gasteiger partial charge in [0.15, 0.2) is 5.78 Å². The van der Waals surface area contributed by atoms with Crippen molar-refractivity contribution in [2.75, 3.05) is 13.1 Å². The lowest BCUT2D eigenvalue weighted by Crippen LogP contribution is -2.47. The van der Waals surface area contributed by atoms with Gasteiger partial charge >= 0.3 is 0 Å². The highest BCUT2D eigenvalue weighted by Crippen LogP contribution is 2.22. The van der Waals surface area contributed by atoms with E-state index in [0.717, 1.165) is 31.2 Å². The van der Waals surface area contributed by atoms with Gasteiger partial charge in [-0.2, -0.15) is 0 Å². The summed E-state index contributed by atoms with van der Waals surface area (Å²) in [7, 11) is 0. The number of likely N-dealkylation sites (tertiary alicyclic amines) is 1. The molecule has 1 aromatic carbocycles. The van der Waals surface area contributed by atoms with Crippen LogP contribution < -0.4 is 5.73 Å². The standard InChI is InChI=1S/C17H24N2O2.ClH/c1-2-6-15(18)17(21)19-11-9-14(10-12-19)16(20)13-7-4-3-5-8-13;/h3-5,7-8,14-15H,2,6,9-12,18H2,1H3;1H. The van der Waals surface area contributed by atoms with Crippen LogP contribution in [0, 0.1) is 5.92 Å². The molecule has 1 aromatic rings. The lowest BCUT2D eigenvalue weighted by molar-refractivity contribution is -0.134. The summed E-state index contributed by atoms with van der Waals surface area (Å²) in [6.45, 7) is 3.30. The number of benzene rings is 1. The van der Waals surface area contributed by atoms with E-state index in [1.807, 2.05) is 42.2 Å². The fourth-order valence-corrected chi connectivity index (χ4v) is 2.87. The summed E-state index contributed by atoms with van der Waals surface area (Å²) < 4.78 is 0. The normalized spacial score (nSPS) is 16.7. The Kier molecular flexibility index (Phi) is 7.56. The third kappa shape index (κ3) is 4.55. The van der Waals surface area contributed by atoms with Crippen LogP contribution in [0.2, 0.25) is 0 Å². The van der Waals surface area contributed by atoms with Gasteiger partial charge in [0.1, 0.15) is 0 Å². The largest absolute Gasteiger partial charge is 0.341 e. The summed E-state index contributed by atoms with van der Waals surface area (Å²) >= 11 is 0. The van der Waals surface area contributed by atoms with Crippen molar-refractivity contribution in [3.05, 3.63) is 35.9 Å². The van der Waals surface area contributed by atoms with Crippen molar-refractivity contribution in [1.82, 2.24) is 4.90 Å². The van der Waals surface area contributed by atoms with Gasteiger partial charge in [-0.1, -0.05) is 43.7 Å². The molecule has 2 N–H and O–H groups in total. The van der Waals surface area contributed by atoms with Crippen LogP contribution in [0.3, 0.4) is 0 Å². The highest BCUT2D eigenvalue weighted by molar-refractivity contribution is 5.98. The van der Waals surface area contributed by atoms with Crippen LogP contribution in [0.4, 0.5) is 0 Å². The van der Waals surface area contributed by atoms with Crippen molar-refractivity contribution in [3.8, 4) is 0 Å². The molecule has 1 atom stereocenters. The third-order valence-corrected chi connectivity index (χ3v) is 4.15. The number of Topliss-reactive ketones (excluding diaryl/α,β-unsaturated/α-hetero) is 1. The Morgan fingerprint density at radius 3 is 2.36 bits per heavy atom. The molecule has 4 nitrogen and oxygen atoms in total. The van der Waals surface area contributed by atoms with Gasteiger partial charge in [0.2, 0.25) is 5.91 Å². The molecule has 1 saturated heterocycles. The topological polar surface area (TPSA) is 63.4 Å². The summed E-state index contributed by atoms with van der Waals surface area (Å²) in [6, 6.07) is 9.00. The van der Waals surface area contributed by atoms with E-state index in [-0.39, 0.29) is 30.0 Å². The van der Waals surface area contributed by atoms with Crippen LogP contribution in [-0.2, 0) is 4.79 Å². The molecule has 122 valence electrons. The van der Waals surface area contributed by atoms with Crippen molar-refractivity contribution in [1.29, 1.82) is 0 Å². The van der Waals surface area contributed by atoms with Gasteiger partial charge in [-0.25, -0.2) is 0 Å². The maximum absolute atomic E-state index is 12.4. The number of halogens is 1. The summed E-state index contributed by atoms with van der Waals surface area (Å²) in [5, 5.41) is 0. The first-order valence-corrected chi connectivity index (χ1v) is 7.77. The van der Waals surface area contributed by atoms with Gasteiger partial charge in [-0.3, -0.25) is 9.59 Å². The van der Waals surface area contributed by atoms with Gasteiger partial charge in [-0.15, -0.1) is 12.4 Å². The van der Waals surface area contributed by atoms with Gasteiger partial charge in [0, 0.05) is 24.6 Å². The second-order valence-electron chi connectivity index (χ2n) is 5.73. The van der Waals surface area contributed by atoms with Gasteiger partial charge < -0.3 is 10.6 Å². The monoisotopic (exact) mass is 324 g/mol. The first-order chi connectivity index (χ1) is 10.1. The Labute approximate surface area is 138 Å². The predicted octanol–water partition coefficient (Wildman–Crippen LogP) is 2.66. The summed E-state index contributed by atoms with van der Waals surface area (Å²) in [4.78, 5) is 26.3. The Hall–Kier alpha value is -1.39. The Bertz CT molecular complexity index is 485. The van der Waals surface area contributed by atoms with Crippen LogP contribution in [-0.4, -0.2) is 35.7 Å². The van der Waals surface area contributed by atoms with E-state index in [1.165, 1.54) is 0 Å². The van der Waals surface area contributed by atoms with E-state index in [0.29, 0.717) is 13.1 Å². The first kappa shape index (κ1) is 18.7. The molecule has 22 heavy (non-hydrogen) atoms. The minimum atomic E-state index is -0.392. The van der Waals surface area contributed by atoms with E-state index >= 15 is 0 Å². The van der Waals surface area contributed by atoms with E-state index < -0.39 is 6.04 Å². The third-order valence-electron chi connectivity index (χ3n) is 4.15. The fourth-order valence-electron chi connectivity index (χ4n) is 2.87. The highest BCUT2D eigenvalue weighted by Gasteiger charge is 2.29. The fraction of sp³-hybridized carbons (Fsp3) is 0.529. The summed E-state index contributed by atoms with van der Waals surface area (Å²) in [5.41, 5.74) is 6.65. The minimum absolute atomic E-state index is 0. The van der Waals surface area contributed by atoms with E-state index in [2.05, 4.69) is 0 Å². The highest BCUT2D eigenvalue weighted by atomic mass is 35.5. The van der Waals surface area contributed by atoms with Gasteiger partial charge in [0.05, 0.1) is 6.04 Å². The van der Waals surface area contributed by atoms with Gasteiger partial charge in [0.25, 0.3) is 0 Å². The number of rotatable bonds is 5. The van der Waals surface area contributed by atoms with Gasteiger partial charge in [-0.05, 0) is 19.3 Å². The Balaban J connectivity index is 0.00000242. The van der Waals surface area contributed by atoms with Crippen molar-refractivity contribution in [2.45, 2.75) is 38.6 Å². The number of nitrogens with two attached hydrogens (primary N) is 1. The maximum Gasteiger partial charge on any atom is 0.239 e. The quantitative estimate of drug-likeness (QED) is 0.847. The number of ketones is 1. The van der Waals surface area contributed by atoms with E-state index in [4.69, 9.17) is 5.73 Å². The zero-order valence-corrected chi connectivity index (χ0v) is 13.8. The van der Waals surface area contributed by atoms with Crippen molar-refractivity contribution < 1.29 is 9.59 Å². The van der Waals surface area contributed by atoms with Crippen molar-refractivity contribution in [3.63, 3.8) is 0 Å². The molecule has 1 fully saturated rings. The number of amides is 1. The molecule has 0 aliphatic carbocycles. The molecular formula is C17H25ClN2O2. The van der Waals surface area contributed by atoms with Crippen LogP contribution in [0.1, 0.15) is 43.0 Å². The summed E-state index contributed by atoms with van der Waals surface area (Å²) in [6.07, 6.45) is 3.11. The molecule has 1 amide bonds. The molecule has 2 rings (SSSR count). The van der Waals surface area contributed by atoms with Crippen LogP contribution in [0.5, 0.6) is 0 Å². The molecule has 5 heteroatoms. The average Bonchev–Trinajstić information content (AvgIpc) is 2.54.